The van der Waals surface area contributed by atoms with E-state index < -0.39 is 0 Å². The molecule has 150 valence electrons. The summed E-state index contributed by atoms with van der Waals surface area (Å²) in [5.74, 6) is 0.274. The smallest absolute Gasteiger partial charge is 0.248 e. The minimum atomic E-state index is -0.136. The summed E-state index contributed by atoms with van der Waals surface area (Å²) in [6.07, 6.45) is 0. The fraction of sp³-hybridized carbons (Fsp3) is 0.130. The van der Waals surface area contributed by atoms with Crippen LogP contribution in [-0.4, -0.2) is 29.1 Å². The Balaban J connectivity index is 1.39. The lowest BCUT2D eigenvalue weighted by atomic mass is 10.2. The molecule has 30 heavy (non-hydrogen) atoms. The molecule has 5 nitrogen and oxygen atoms in total. The molecule has 0 spiro atoms. The number of amides is 2. The van der Waals surface area contributed by atoms with Crippen LogP contribution in [0.3, 0.4) is 0 Å². The SMILES string of the molecule is O=C(CNN1C(=O)CSC1c1ccccc1)N1c2ccccc2Sc2ccccc21. The van der Waals surface area contributed by atoms with E-state index in [2.05, 4.69) is 5.43 Å². The third-order valence-electron chi connectivity index (χ3n) is 5.03. The van der Waals surface area contributed by atoms with Gasteiger partial charge in [-0.25, -0.2) is 5.43 Å². The number of benzene rings is 3. The van der Waals surface area contributed by atoms with Crippen molar-refractivity contribution in [1.29, 1.82) is 0 Å². The molecule has 0 bridgehead atoms. The average Bonchev–Trinajstić information content (AvgIpc) is 3.16. The van der Waals surface area contributed by atoms with Gasteiger partial charge in [-0.3, -0.25) is 19.5 Å². The minimum absolute atomic E-state index is 0.0170. The zero-order valence-electron chi connectivity index (χ0n) is 16.0. The molecular formula is C23H19N3O2S2. The normalized spacial score (nSPS) is 17.6. The first-order valence-electron chi connectivity index (χ1n) is 9.63. The summed E-state index contributed by atoms with van der Waals surface area (Å²) in [4.78, 5) is 29.6. The maximum absolute atomic E-state index is 13.3. The van der Waals surface area contributed by atoms with E-state index >= 15 is 0 Å². The van der Waals surface area contributed by atoms with Gasteiger partial charge in [0.15, 0.2) is 0 Å². The van der Waals surface area contributed by atoms with Gasteiger partial charge in [0.05, 0.1) is 23.7 Å². The van der Waals surface area contributed by atoms with Crippen molar-refractivity contribution in [1.82, 2.24) is 10.4 Å². The number of carbonyl (C=O) groups excluding carboxylic acids is 2. The maximum atomic E-state index is 13.3. The van der Waals surface area contributed by atoms with Crippen molar-refractivity contribution in [2.24, 2.45) is 0 Å². The van der Waals surface area contributed by atoms with Crippen LogP contribution in [0.15, 0.2) is 88.7 Å². The summed E-state index contributed by atoms with van der Waals surface area (Å²) in [6.45, 7) is 0.0307. The zero-order chi connectivity index (χ0) is 20.5. The number of nitrogens with zero attached hydrogens (tertiary/aromatic N) is 2. The molecule has 1 saturated heterocycles. The highest BCUT2D eigenvalue weighted by molar-refractivity contribution is 8.00. The van der Waals surface area contributed by atoms with E-state index in [1.165, 1.54) is 0 Å². The van der Waals surface area contributed by atoms with Gasteiger partial charge in [0.25, 0.3) is 0 Å². The molecule has 1 N–H and O–H groups in total. The van der Waals surface area contributed by atoms with E-state index in [9.17, 15) is 9.59 Å². The molecule has 1 atom stereocenters. The van der Waals surface area contributed by atoms with Crippen LogP contribution in [0, 0.1) is 0 Å². The van der Waals surface area contributed by atoms with Crippen LogP contribution in [0.4, 0.5) is 11.4 Å². The minimum Gasteiger partial charge on any atom is -0.278 e. The number of anilines is 2. The van der Waals surface area contributed by atoms with Gasteiger partial charge < -0.3 is 0 Å². The molecule has 2 aliphatic rings. The Labute approximate surface area is 183 Å². The molecular weight excluding hydrogens is 414 g/mol. The lowest BCUT2D eigenvalue weighted by Gasteiger charge is -2.32. The first-order chi connectivity index (χ1) is 14.7. The fourth-order valence-corrected chi connectivity index (χ4v) is 5.85. The number of nitrogens with one attached hydrogen (secondary N) is 1. The van der Waals surface area contributed by atoms with E-state index in [4.69, 9.17) is 0 Å². The van der Waals surface area contributed by atoms with Gasteiger partial charge in [0, 0.05) is 9.79 Å². The van der Waals surface area contributed by atoms with Gasteiger partial charge in [0.2, 0.25) is 11.8 Å². The molecule has 3 aromatic rings. The van der Waals surface area contributed by atoms with Crippen molar-refractivity contribution in [2.75, 3.05) is 17.2 Å². The maximum Gasteiger partial charge on any atom is 0.248 e. The third-order valence-corrected chi connectivity index (χ3v) is 7.38. The van der Waals surface area contributed by atoms with E-state index in [-0.39, 0.29) is 23.7 Å². The molecule has 2 aliphatic heterocycles. The highest BCUT2D eigenvalue weighted by Crippen LogP contribution is 2.47. The van der Waals surface area contributed by atoms with Crippen LogP contribution < -0.4 is 10.3 Å². The van der Waals surface area contributed by atoms with Gasteiger partial charge in [0.1, 0.15) is 5.37 Å². The quantitative estimate of drug-likeness (QED) is 0.652. The Morgan fingerprint density at radius 1 is 0.900 bits per heavy atom. The number of thioether (sulfide) groups is 1. The predicted octanol–water partition coefficient (Wildman–Crippen LogP) is 4.59. The van der Waals surface area contributed by atoms with E-state index in [1.807, 2.05) is 78.9 Å². The van der Waals surface area contributed by atoms with Crippen LogP contribution in [0.5, 0.6) is 0 Å². The molecule has 1 fully saturated rings. The largest absolute Gasteiger partial charge is 0.278 e. The summed E-state index contributed by atoms with van der Waals surface area (Å²) >= 11 is 3.22. The van der Waals surface area contributed by atoms with Crippen molar-refractivity contribution < 1.29 is 9.59 Å². The molecule has 1 unspecified atom stereocenters. The Bertz CT molecular complexity index is 1060. The molecule has 0 radical (unpaired) electrons. The Morgan fingerprint density at radius 2 is 1.50 bits per heavy atom. The molecule has 0 aromatic heterocycles. The highest BCUT2D eigenvalue weighted by Gasteiger charge is 2.34. The second-order valence-electron chi connectivity index (χ2n) is 6.94. The van der Waals surface area contributed by atoms with Gasteiger partial charge in [-0.15, -0.1) is 11.8 Å². The summed E-state index contributed by atoms with van der Waals surface area (Å²) in [5.41, 5.74) is 5.88. The first kappa shape index (κ1) is 19.2. The standard InChI is InChI=1S/C23H19N3O2S2/c27-21(14-24-26-22(28)15-29-23(26)16-8-2-1-3-9-16)25-17-10-4-6-12-19(17)30-20-13-7-5-11-18(20)25/h1-13,23-24H,14-15H2. The van der Waals surface area contributed by atoms with Crippen LogP contribution in [-0.2, 0) is 9.59 Å². The monoisotopic (exact) mass is 433 g/mol. The van der Waals surface area contributed by atoms with Crippen molar-refractivity contribution in [3.63, 3.8) is 0 Å². The zero-order valence-corrected chi connectivity index (χ0v) is 17.7. The fourth-order valence-electron chi connectivity index (χ4n) is 3.66. The molecule has 5 rings (SSSR count). The molecule has 0 aliphatic carbocycles. The number of carbonyl (C=O) groups is 2. The third kappa shape index (κ3) is 3.49. The first-order valence-corrected chi connectivity index (χ1v) is 11.5. The lowest BCUT2D eigenvalue weighted by Crippen LogP contribution is -2.46. The molecule has 2 amide bonds. The van der Waals surface area contributed by atoms with Crippen LogP contribution in [0.25, 0.3) is 0 Å². The van der Waals surface area contributed by atoms with Gasteiger partial charge in [-0.1, -0.05) is 66.4 Å². The van der Waals surface area contributed by atoms with Crippen LogP contribution >= 0.6 is 23.5 Å². The second kappa shape index (κ2) is 8.18. The van der Waals surface area contributed by atoms with Gasteiger partial charge in [-0.05, 0) is 29.8 Å². The number of hydrogen-bond acceptors (Lipinski definition) is 5. The predicted molar refractivity (Wildman–Crippen MR) is 121 cm³/mol. The van der Waals surface area contributed by atoms with Crippen molar-refractivity contribution in [2.45, 2.75) is 15.2 Å². The Hall–Kier alpha value is -2.74. The highest BCUT2D eigenvalue weighted by atomic mass is 32.2. The van der Waals surface area contributed by atoms with Crippen molar-refractivity contribution in [3.8, 4) is 0 Å². The number of para-hydroxylation sites is 2. The lowest BCUT2D eigenvalue weighted by molar-refractivity contribution is -0.132. The van der Waals surface area contributed by atoms with Gasteiger partial charge in [-0.2, -0.15) is 0 Å². The molecule has 3 aromatic carbocycles. The number of hydrogen-bond donors (Lipinski definition) is 1. The van der Waals surface area contributed by atoms with E-state index in [0.29, 0.717) is 5.75 Å². The second-order valence-corrected chi connectivity index (χ2v) is 9.09. The van der Waals surface area contributed by atoms with Crippen molar-refractivity contribution >= 4 is 46.7 Å². The summed E-state index contributed by atoms with van der Waals surface area (Å²) in [5, 5.41) is 1.46. The summed E-state index contributed by atoms with van der Waals surface area (Å²) in [6, 6.07) is 25.7. The number of rotatable bonds is 4. The Morgan fingerprint density at radius 3 is 2.17 bits per heavy atom. The average molecular weight is 434 g/mol. The van der Waals surface area contributed by atoms with E-state index in [1.54, 1.807) is 33.4 Å². The topological polar surface area (TPSA) is 52.7 Å². The van der Waals surface area contributed by atoms with Crippen molar-refractivity contribution in [3.05, 3.63) is 84.4 Å². The molecule has 0 saturated carbocycles. The molecule has 2 heterocycles. The Kier molecular flexibility index (Phi) is 5.25. The number of fused-ring (bicyclic) bond motifs is 2. The summed E-state index contributed by atoms with van der Waals surface area (Å²) in [7, 11) is 0. The van der Waals surface area contributed by atoms with E-state index in [0.717, 1.165) is 26.7 Å². The van der Waals surface area contributed by atoms with Crippen LogP contribution in [0.1, 0.15) is 10.9 Å². The summed E-state index contributed by atoms with van der Waals surface area (Å²) < 4.78 is 0. The van der Waals surface area contributed by atoms with Crippen LogP contribution in [0.2, 0.25) is 0 Å². The number of hydrazine groups is 1. The molecule has 7 heteroatoms. The van der Waals surface area contributed by atoms with Gasteiger partial charge >= 0.3 is 0 Å².